The van der Waals surface area contributed by atoms with Gasteiger partial charge in [0.05, 0.1) is 0 Å². The standard InChI is InChI=1S/C4H8O2.ClH/c1-2-4(6)3-5;/h5H,2-3H2,1H3;1H. The van der Waals surface area contributed by atoms with Gasteiger partial charge in [-0.2, -0.15) is 0 Å². The van der Waals surface area contributed by atoms with Crippen molar-refractivity contribution in [3.63, 3.8) is 0 Å². The van der Waals surface area contributed by atoms with Crippen LogP contribution in [-0.4, -0.2) is 17.5 Å². The summed E-state index contributed by atoms with van der Waals surface area (Å²) in [6.07, 6.45) is 0.441. The fourth-order valence-electron chi connectivity index (χ4n) is 0.112. The lowest BCUT2D eigenvalue weighted by Crippen LogP contribution is -1.99. The summed E-state index contributed by atoms with van der Waals surface area (Å²) in [6, 6.07) is 0. The number of rotatable bonds is 2. The van der Waals surface area contributed by atoms with Crippen LogP contribution in [0.2, 0.25) is 0 Å². The number of carbonyl (C=O) groups is 1. The molecule has 2 nitrogen and oxygen atoms in total. The van der Waals surface area contributed by atoms with Crippen molar-refractivity contribution in [3.8, 4) is 0 Å². The maximum absolute atomic E-state index is 9.93. The Balaban J connectivity index is 0. The highest BCUT2D eigenvalue weighted by molar-refractivity contribution is 5.85. The van der Waals surface area contributed by atoms with Crippen molar-refractivity contribution in [2.45, 2.75) is 13.3 Å². The summed E-state index contributed by atoms with van der Waals surface area (Å²) in [6.45, 7) is 1.41. The van der Waals surface area contributed by atoms with E-state index in [2.05, 4.69) is 0 Å². The average Bonchev–Trinajstić information content (AvgIpc) is 1.65. The maximum Gasteiger partial charge on any atom is 0.157 e. The Hall–Kier alpha value is -0.0800. The van der Waals surface area contributed by atoms with Gasteiger partial charge in [0.2, 0.25) is 0 Å². The van der Waals surface area contributed by atoms with Crippen molar-refractivity contribution in [3.05, 3.63) is 0 Å². The van der Waals surface area contributed by atoms with Gasteiger partial charge in [0.1, 0.15) is 6.61 Å². The average molecular weight is 125 g/mol. The first-order valence-electron chi connectivity index (χ1n) is 1.93. The van der Waals surface area contributed by atoms with Crippen LogP contribution in [0.15, 0.2) is 0 Å². The molecule has 0 heterocycles. The first-order chi connectivity index (χ1) is 2.81. The van der Waals surface area contributed by atoms with E-state index in [-0.39, 0.29) is 24.8 Å². The second-order valence-corrected chi connectivity index (χ2v) is 1.05. The Kier molecular flexibility index (Phi) is 8.47. The third-order valence-corrected chi connectivity index (χ3v) is 0.571. The minimum Gasteiger partial charge on any atom is -0.389 e. The second-order valence-electron chi connectivity index (χ2n) is 1.05. The Labute approximate surface area is 48.9 Å². The van der Waals surface area contributed by atoms with Crippen LogP contribution in [0.5, 0.6) is 0 Å². The smallest absolute Gasteiger partial charge is 0.157 e. The molecule has 0 atom stereocenters. The molecule has 0 bridgehead atoms. The minimum atomic E-state index is -0.309. The summed E-state index contributed by atoms with van der Waals surface area (Å²) in [5.74, 6) is -0.102. The van der Waals surface area contributed by atoms with E-state index in [1.807, 2.05) is 0 Å². The summed E-state index contributed by atoms with van der Waals surface area (Å²) < 4.78 is 0. The molecule has 0 aromatic carbocycles. The molecule has 0 rings (SSSR count). The molecule has 44 valence electrons. The highest BCUT2D eigenvalue weighted by Crippen LogP contribution is 1.73. The number of aliphatic hydroxyl groups is 1. The predicted molar refractivity (Wildman–Crippen MR) is 29.6 cm³/mol. The summed E-state index contributed by atoms with van der Waals surface area (Å²) in [5.41, 5.74) is 0. The first-order valence-corrected chi connectivity index (χ1v) is 1.93. The van der Waals surface area contributed by atoms with Gasteiger partial charge < -0.3 is 5.11 Å². The Bertz CT molecular complexity index is 47.7. The number of hydrogen-bond acceptors (Lipinski definition) is 2. The van der Waals surface area contributed by atoms with Gasteiger partial charge in [-0.25, -0.2) is 0 Å². The van der Waals surface area contributed by atoms with Crippen molar-refractivity contribution in [2.24, 2.45) is 0 Å². The zero-order valence-electron chi connectivity index (χ0n) is 4.18. The van der Waals surface area contributed by atoms with Gasteiger partial charge in [0, 0.05) is 6.42 Å². The molecule has 0 aliphatic rings. The van der Waals surface area contributed by atoms with Crippen molar-refractivity contribution in [2.75, 3.05) is 6.61 Å². The van der Waals surface area contributed by atoms with Crippen LogP contribution in [-0.2, 0) is 4.79 Å². The summed E-state index contributed by atoms with van der Waals surface area (Å²) in [4.78, 5) is 9.93. The Morgan fingerprint density at radius 1 is 1.71 bits per heavy atom. The van der Waals surface area contributed by atoms with Crippen molar-refractivity contribution < 1.29 is 9.90 Å². The molecule has 0 saturated carbocycles. The molecule has 0 unspecified atom stereocenters. The van der Waals surface area contributed by atoms with Crippen LogP contribution < -0.4 is 0 Å². The number of ketones is 1. The number of Topliss-reactive ketones (excluding diaryl/α,β-unsaturated/α-hetero) is 1. The van der Waals surface area contributed by atoms with E-state index >= 15 is 0 Å². The van der Waals surface area contributed by atoms with Crippen LogP contribution in [0.4, 0.5) is 0 Å². The van der Waals surface area contributed by atoms with Crippen LogP contribution >= 0.6 is 12.4 Å². The normalized spacial score (nSPS) is 7.14. The van der Waals surface area contributed by atoms with Gasteiger partial charge in [-0.1, -0.05) is 6.92 Å². The van der Waals surface area contributed by atoms with Gasteiger partial charge in [-0.05, 0) is 0 Å². The van der Waals surface area contributed by atoms with E-state index in [0.29, 0.717) is 6.42 Å². The molecule has 7 heavy (non-hydrogen) atoms. The first kappa shape index (κ1) is 10.0. The number of halogens is 1. The molecule has 0 aromatic heterocycles. The van der Waals surface area contributed by atoms with Crippen molar-refractivity contribution in [1.29, 1.82) is 0 Å². The molecule has 0 aliphatic carbocycles. The molecule has 0 saturated heterocycles. The van der Waals surface area contributed by atoms with E-state index in [1.54, 1.807) is 6.92 Å². The third-order valence-electron chi connectivity index (χ3n) is 0.571. The molecule has 0 radical (unpaired) electrons. The monoisotopic (exact) mass is 124 g/mol. The molecule has 0 aromatic rings. The zero-order valence-corrected chi connectivity index (χ0v) is 4.99. The molecular formula is C4H9ClO2. The lowest BCUT2D eigenvalue weighted by Gasteiger charge is -1.81. The van der Waals surface area contributed by atoms with E-state index < -0.39 is 0 Å². The van der Waals surface area contributed by atoms with E-state index in [9.17, 15) is 4.79 Å². The van der Waals surface area contributed by atoms with Crippen LogP contribution in [0, 0.1) is 0 Å². The molecule has 0 amide bonds. The third kappa shape index (κ3) is 5.92. The van der Waals surface area contributed by atoms with E-state index in [4.69, 9.17) is 5.11 Å². The quantitative estimate of drug-likeness (QED) is 0.578. The number of carbonyl (C=O) groups excluding carboxylic acids is 1. The highest BCUT2D eigenvalue weighted by atomic mass is 35.5. The maximum atomic E-state index is 9.93. The van der Waals surface area contributed by atoms with Gasteiger partial charge in [-0.15, -0.1) is 12.4 Å². The molecule has 0 aliphatic heterocycles. The lowest BCUT2D eigenvalue weighted by atomic mass is 10.3. The topological polar surface area (TPSA) is 37.3 Å². The summed E-state index contributed by atoms with van der Waals surface area (Å²) in [5, 5.41) is 7.99. The van der Waals surface area contributed by atoms with E-state index in [1.165, 1.54) is 0 Å². The predicted octanol–water partition coefficient (Wildman–Crippen LogP) is 0.380. The zero-order chi connectivity index (χ0) is 4.99. The number of aliphatic hydroxyl groups excluding tert-OH is 1. The lowest BCUT2D eigenvalue weighted by molar-refractivity contribution is -0.121. The van der Waals surface area contributed by atoms with Crippen LogP contribution in [0.3, 0.4) is 0 Å². The van der Waals surface area contributed by atoms with E-state index in [0.717, 1.165) is 0 Å². The number of hydrogen-bond donors (Lipinski definition) is 1. The Morgan fingerprint density at radius 2 is 2.14 bits per heavy atom. The molecular weight excluding hydrogens is 115 g/mol. The fourth-order valence-corrected chi connectivity index (χ4v) is 0.112. The van der Waals surface area contributed by atoms with Crippen LogP contribution in [0.25, 0.3) is 0 Å². The summed E-state index contributed by atoms with van der Waals surface area (Å²) in [7, 11) is 0. The van der Waals surface area contributed by atoms with Crippen molar-refractivity contribution in [1.82, 2.24) is 0 Å². The Morgan fingerprint density at radius 3 is 2.14 bits per heavy atom. The largest absolute Gasteiger partial charge is 0.389 e. The SMILES string of the molecule is CCC(=O)CO.Cl. The molecule has 1 N–H and O–H groups in total. The van der Waals surface area contributed by atoms with Gasteiger partial charge >= 0.3 is 0 Å². The van der Waals surface area contributed by atoms with Crippen molar-refractivity contribution >= 4 is 18.2 Å². The second kappa shape index (κ2) is 5.92. The van der Waals surface area contributed by atoms with Gasteiger partial charge in [0.25, 0.3) is 0 Å². The van der Waals surface area contributed by atoms with Gasteiger partial charge in [-0.3, -0.25) is 4.79 Å². The molecule has 0 spiro atoms. The molecule has 0 fully saturated rings. The highest BCUT2D eigenvalue weighted by Gasteiger charge is 1.88. The minimum absolute atomic E-state index is 0. The van der Waals surface area contributed by atoms with Gasteiger partial charge in [0.15, 0.2) is 5.78 Å². The summed E-state index contributed by atoms with van der Waals surface area (Å²) >= 11 is 0. The molecule has 3 heteroatoms. The fraction of sp³-hybridized carbons (Fsp3) is 0.750. The van der Waals surface area contributed by atoms with Crippen LogP contribution in [0.1, 0.15) is 13.3 Å².